The van der Waals surface area contributed by atoms with Crippen LogP contribution < -0.4 is 10.1 Å². The highest BCUT2D eigenvalue weighted by Gasteiger charge is 2.22. The molecule has 0 saturated carbocycles. The highest BCUT2D eigenvalue weighted by Crippen LogP contribution is 2.23. The molecule has 2 rings (SSSR count). The molecule has 0 spiro atoms. The third-order valence-corrected chi connectivity index (χ3v) is 3.83. The molecular weight excluding hydrogens is 268 g/mol. The normalized spacial score (nSPS) is 15.6. The van der Waals surface area contributed by atoms with Gasteiger partial charge in [-0.25, -0.2) is 0 Å². The Morgan fingerprint density at radius 1 is 1.29 bits per heavy atom. The Hall–Kier alpha value is -2.04. The van der Waals surface area contributed by atoms with E-state index in [2.05, 4.69) is 12.2 Å². The van der Waals surface area contributed by atoms with Crippen LogP contribution in [-0.2, 0) is 9.59 Å². The van der Waals surface area contributed by atoms with Crippen LogP contribution in [0.2, 0.25) is 0 Å². The van der Waals surface area contributed by atoms with Crippen molar-refractivity contribution in [3.8, 4) is 5.75 Å². The molecule has 1 aliphatic rings. The summed E-state index contributed by atoms with van der Waals surface area (Å²) in [6.07, 6.45) is 1.91. The fourth-order valence-electron chi connectivity index (χ4n) is 2.45. The molecule has 2 amide bonds. The lowest BCUT2D eigenvalue weighted by molar-refractivity contribution is -0.135. The van der Waals surface area contributed by atoms with Crippen LogP contribution in [0.25, 0.3) is 0 Å². The molecule has 0 aliphatic carbocycles. The van der Waals surface area contributed by atoms with Crippen molar-refractivity contribution in [2.45, 2.75) is 26.2 Å². The van der Waals surface area contributed by atoms with Crippen molar-refractivity contribution in [1.29, 1.82) is 0 Å². The quantitative estimate of drug-likeness (QED) is 0.866. The van der Waals surface area contributed by atoms with E-state index < -0.39 is 0 Å². The number of anilines is 1. The van der Waals surface area contributed by atoms with Crippen LogP contribution >= 0.6 is 0 Å². The molecular formula is C16H22N2O3. The molecule has 0 radical (unpaired) electrons. The summed E-state index contributed by atoms with van der Waals surface area (Å²) in [5.41, 5.74) is 0.588. The van der Waals surface area contributed by atoms with Gasteiger partial charge in [0.2, 0.25) is 11.8 Å². The number of methoxy groups -OCH3 is 1. The summed E-state index contributed by atoms with van der Waals surface area (Å²) in [7, 11) is 1.55. The Balaban J connectivity index is 1.88. The fraction of sp³-hybridized carbons (Fsp3) is 0.500. The van der Waals surface area contributed by atoms with Crippen LogP contribution in [0.5, 0.6) is 5.75 Å². The summed E-state index contributed by atoms with van der Waals surface area (Å²) in [6, 6.07) is 7.16. The van der Waals surface area contributed by atoms with Crippen molar-refractivity contribution in [2.24, 2.45) is 5.92 Å². The number of ether oxygens (including phenoxy) is 1. The maximum Gasteiger partial charge on any atom is 0.233 e. The summed E-state index contributed by atoms with van der Waals surface area (Å²) in [5.74, 6) is 0.846. The minimum atomic E-state index is -0.303. The summed E-state index contributed by atoms with van der Waals surface area (Å²) in [5, 5.41) is 2.73. The van der Waals surface area contributed by atoms with E-state index >= 15 is 0 Å². The second kappa shape index (κ2) is 7.11. The number of para-hydroxylation sites is 2. The lowest BCUT2D eigenvalue weighted by atomic mass is 9.99. The third-order valence-electron chi connectivity index (χ3n) is 3.83. The summed E-state index contributed by atoms with van der Waals surface area (Å²) >= 11 is 0. The van der Waals surface area contributed by atoms with Gasteiger partial charge in [0.05, 0.1) is 12.8 Å². The standard InChI is InChI=1S/C16H22N2O3/c1-12-7-9-18(10-8-12)16(20)11-15(19)17-13-5-3-4-6-14(13)21-2/h3-6,12H,7-11H2,1-2H3,(H,17,19). The van der Waals surface area contributed by atoms with Gasteiger partial charge < -0.3 is 15.0 Å². The first-order valence-electron chi connectivity index (χ1n) is 7.30. The molecule has 1 N–H and O–H groups in total. The number of amides is 2. The van der Waals surface area contributed by atoms with Crippen molar-refractivity contribution in [3.63, 3.8) is 0 Å². The maximum absolute atomic E-state index is 12.1. The minimum absolute atomic E-state index is 0.103. The number of carbonyl (C=O) groups excluding carboxylic acids is 2. The SMILES string of the molecule is COc1ccccc1NC(=O)CC(=O)N1CCC(C)CC1. The van der Waals surface area contributed by atoms with E-state index in [1.54, 1.807) is 24.1 Å². The monoisotopic (exact) mass is 290 g/mol. The molecule has 0 atom stereocenters. The van der Waals surface area contributed by atoms with E-state index in [9.17, 15) is 9.59 Å². The molecule has 1 saturated heterocycles. The van der Waals surface area contributed by atoms with E-state index in [-0.39, 0.29) is 18.2 Å². The molecule has 114 valence electrons. The molecule has 0 bridgehead atoms. The van der Waals surface area contributed by atoms with Crippen molar-refractivity contribution in [1.82, 2.24) is 4.90 Å². The van der Waals surface area contributed by atoms with Gasteiger partial charge in [-0.1, -0.05) is 19.1 Å². The van der Waals surface area contributed by atoms with Gasteiger partial charge in [-0.15, -0.1) is 0 Å². The van der Waals surface area contributed by atoms with Crippen LogP contribution in [0.1, 0.15) is 26.2 Å². The number of hydrogen-bond donors (Lipinski definition) is 1. The molecule has 1 aromatic rings. The average molecular weight is 290 g/mol. The summed E-state index contributed by atoms with van der Waals surface area (Å²) in [6.45, 7) is 3.69. The van der Waals surface area contributed by atoms with Gasteiger partial charge in [0.1, 0.15) is 12.2 Å². The van der Waals surface area contributed by atoms with E-state index in [0.717, 1.165) is 25.9 Å². The van der Waals surface area contributed by atoms with Crippen molar-refractivity contribution >= 4 is 17.5 Å². The highest BCUT2D eigenvalue weighted by atomic mass is 16.5. The number of benzene rings is 1. The van der Waals surface area contributed by atoms with E-state index in [4.69, 9.17) is 4.74 Å². The fourth-order valence-corrected chi connectivity index (χ4v) is 2.45. The van der Waals surface area contributed by atoms with Gasteiger partial charge in [0.25, 0.3) is 0 Å². The van der Waals surface area contributed by atoms with Crippen LogP contribution in [0.3, 0.4) is 0 Å². The Labute approximate surface area is 125 Å². The summed E-state index contributed by atoms with van der Waals surface area (Å²) in [4.78, 5) is 25.9. The molecule has 21 heavy (non-hydrogen) atoms. The molecule has 1 aliphatic heterocycles. The second-order valence-electron chi connectivity index (χ2n) is 5.49. The van der Waals surface area contributed by atoms with E-state index in [1.807, 2.05) is 12.1 Å². The molecule has 0 aromatic heterocycles. The first-order chi connectivity index (χ1) is 10.1. The lowest BCUT2D eigenvalue weighted by Crippen LogP contribution is -2.39. The van der Waals surface area contributed by atoms with Crippen molar-refractivity contribution in [2.75, 3.05) is 25.5 Å². The Bertz CT molecular complexity index is 508. The smallest absolute Gasteiger partial charge is 0.233 e. The predicted molar refractivity (Wildman–Crippen MR) is 81.2 cm³/mol. The van der Waals surface area contributed by atoms with Crippen molar-refractivity contribution in [3.05, 3.63) is 24.3 Å². The van der Waals surface area contributed by atoms with E-state index in [1.165, 1.54) is 0 Å². The number of nitrogens with one attached hydrogen (secondary N) is 1. The number of hydrogen-bond acceptors (Lipinski definition) is 3. The third kappa shape index (κ3) is 4.21. The summed E-state index contributed by atoms with van der Waals surface area (Å²) < 4.78 is 5.17. The van der Waals surface area contributed by atoms with E-state index in [0.29, 0.717) is 17.4 Å². The second-order valence-corrected chi connectivity index (χ2v) is 5.49. The topological polar surface area (TPSA) is 58.6 Å². The Kier molecular flexibility index (Phi) is 5.20. The maximum atomic E-state index is 12.1. The number of likely N-dealkylation sites (tertiary alicyclic amines) is 1. The molecule has 5 nitrogen and oxygen atoms in total. The number of carbonyl (C=O) groups is 2. The first kappa shape index (κ1) is 15.4. The Morgan fingerprint density at radius 2 is 1.95 bits per heavy atom. The lowest BCUT2D eigenvalue weighted by Gasteiger charge is -2.30. The number of rotatable bonds is 4. The molecule has 1 aromatic carbocycles. The van der Waals surface area contributed by atoms with Crippen molar-refractivity contribution < 1.29 is 14.3 Å². The highest BCUT2D eigenvalue weighted by molar-refractivity contribution is 6.04. The van der Waals surface area contributed by atoms with Gasteiger partial charge in [-0.2, -0.15) is 0 Å². The molecule has 1 fully saturated rings. The number of piperidine rings is 1. The molecule has 0 unspecified atom stereocenters. The van der Waals surface area contributed by atoms with Crippen LogP contribution in [0.4, 0.5) is 5.69 Å². The van der Waals surface area contributed by atoms with Gasteiger partial charge >= 0.3 is 0 Å². The average Bonchev–Trinajstić information content (AvgIpc) is 2.48. The van der Waals surface area contributed by atoms with Crippen LogP contribution in [-0.4, -0.2) is 36.9 Å². The zero-order valence-electron chi connectivity index (χ0n) is 12.6. The number of nitrogens with zero attached hydrogens (tertiary/aromatic N) is 1. The zero-order valence-corrected chi connectivity index (χ0v) is 12.6. The first-order valence-corrected chi connectivity index (χ1v) is 7.30. The minimum Gasteiger partial charge on any atom is -0.495 e. The largest absolute Gasteiger partial charge is 0.495 e. The van der Waals surface area contributed by atoms with Crippen LogP contribution in [0.15, 0.2) is 24.3 Å². The predicted octanol–water partition coefficient (Wildman–Crippen LogP) is 2.28. The van der Waals surface area contributed by atoms with Gasteiger partial charge in [-0.05, 0) is 30.9 Å². The van der Waals surface area contributed by atoms with Crippen LogP contribution in [0, 0.1) is 5.92 Å². The molecule has 1 heterocycles. The zero-order chi connectivity index (χ0) is 15.2. The van der Waals surface area contributed by atoms with Gasteiger partial charge in [-0.3, -0.25) is 9.59 Å². The Morgan fingerprint density at radius 3 is 2.62 bits per heavy atom. The molecule has 5 heteroatoms. The van der Waals surface area contributed by atoms with Gasteiger partial charge in [0, 0.05) is 13.1 Å². The van der Waals surface area contributed by atoms with Gasteiger partial charge in [0.15, 0.2) is 0 Å².